The van der Waals surface area contributed by atoms with Crippen molar-refractivity contribution in [3.8, 4) is 11.4 Å². The number of rotatable bonds is 10. The molecule has 0 spiro atoms. The van der Waals surface area contributed by atoms with E-state index in [1.807, 2.05) is 36.7 Å². The molecular formula is C20H27N2. The normalized spacial score (nSPS) is 10.8. The molecule has 0 aliphatic carbocycles. The van der Waals surface area contributed by atoms with E-state index in [1.165, 1.54) is 56.9 Å². The molecule has 0 amide bonds. The van der Waals surface area contributed by atoms with Crippen LogP contribution in [0.3, 0.4) is 0 Å². The average Bonchev–Trinajstić information content (AvgIpc) is 2.59. The Balaban J connectivity index is 1.65. The zero-order valence-electron chi connectivity index (χ0n) is 13.7. The van der Waals surface area contributed by atoms with Crippen LogP contribution in [0.15, 0.2) is 36.7 Å². The van der Waals surface area contributed by atoms with E-state index < -0.39 is 0 Å². The zero-order chi connectivity index (χ0) is 15.5. The second kappa shape index (κ2) is 10.1. The van der Waals surface area contributed by atoms with Gasteiger partial charge in [0.2, 0.25) is 0 Å². The Morgan fingerprint density at radius 1 is 0.864 bits per heavy atom. The predicted molar refractivity (Wildman–Crippen MR) is 92.6 cm³/mol. The van der Waals surface area contributed by atoms with Crippen LogP contribution in [-0.2, 0) is 6.42 Å². The SMILES string of the molecule is CCCCCCCCCCc1cnc(-c2[c]cccc2)nc1. The van der Waals surface area contributed by atoms with E-state index in [4.69, 9.17) is 0 Å². The van der Waals surface area contributed by atoms with Crippen LogP contribution in [0.4, 0.5) is 0 Å². The van der Waals surface area contributed by atoms with Crippen molar-refractivity contribution in [3.63, 3.8) is 0 Å². The van der Waals surface area contributed by atoms with Crippen molar-refractivity contribution < 1.29 is 0 Å². The number of unbranched alkanes of at least 4 members (excludes halogenated alkanes) is 7. The van der Waals surface area contributed by atoms with Gasteiger partial charge in [0.15, 0.2) is 5.82 Å². The number of nitrogens with zero attached hydrogens (tertiary/aromatic N) is 2. The number of hydrogen-bond donors (Lipinski definition) is 0. The average molecular weight is 295 g/mol. The summed E-state index contributed by atoms with van der Waals surface area (Å²) in [6.07, 6.45) is 15.9. The lowest BCUT2D eigenvalue weighted by molar-refractivity contribution is 0.575. The first-order valence-electron chi connectivity index (χ1n) is 8.68. The molecule has 1 aromatic carbocycles. The van der Waals surface area contributed by atoms with Gasteiger partial charge in [0.05, 0.1) is 0 Å². The quantitative estimate of drug-likeness (QED) is 0.531. The number of aromatic nitrogens is 2. The molecule has 0 bridgehead atoms. The molecule has 1 heterocycles. The lowest BCUT2D eigenvalue weighted by Crippen LogP contribution is -1.93. The van der Waals surface area contributed by atoms with Gasteiger partial charge in [-0.1, -0.05) is 76.1 Å². The Hall–Kier alpha value is -1.70. The molecule has 0 saturated heterocycles. The van der Waals surface area contributed by atoms with Crippen LogP contribution < -0.4 is 0 Å². The van der Waals surface area contributed by atoms with E-state index in [2.05, 4.69) is 23.0 Å². The smallest absolute Gasteiger partial charge is 0.159 e. The molecule has 0 atom stereocenters. The molecule has 22 heavy (non-hydrogen) atoms. The van der Waals surface area contributed by atoms with Gasteiger partial charge in [-0.3, -0.25) is 0 Å². The maximum Gasteiger partial charge on any atom is 0.159 e. The molecular weight excluding hydrogens is 268 g/mol. The molecule has 2 heteroatoms. The van der Waals surface area contributed by atoms with Crippen molar-refractivity contribution in [3.05, 3.63) is 48.3 Å². The third-order valence-corrected chi connectivity index (χ3v) is 3.97. The van der Waals surface area contributed by atoms with Crippen molar-refractivity contribution in [2.75, 3.05) is 0 Å². The monoisotopic (exact) mass is 295 g/mol. The maximum atomic E-state index is 4.46. The van der Waals surface area contributed by atoms with Gasteiger partial charge in [-0.15, -0.1) is 0 Å². The summed E-state index contributed by atoms with van der Waals surface area (Å²) in [5.41, 5.74) is 2.20. The summed E-state index contributed by atoms with van der Waals surface area (Å²) in [4.78, 5) is 8.91. The van der Waals surface area contributed by atoms with E-state index in [1.54, 1.807) is 0 Å². The van der Waals surface area contributed by atoms with E-state index in [0.717, 1.165) is 17.8 Å². The highest BCUT2D eigenvalue weighted by Gasteiger charge is 2.01. The summed E-state index contributed by atoms with van der Waals surface area (Å²) < 4.78 is 0. The highest BCUT2D eigenvalue weighted by Crippen LogP contribution is 2.14. The first-order valence-corrected chi connectivity index (χ1v) is 8.68. The molecule has 2 rings (SSSR count). The lowest BCUT2D eigenvalue weighted by Gasteiger charge is -2.03. The summed E-state index contributed by atoms with van der Waals surface area (Å²) in [5.74, 6) is 0.764. The lowest BCUT2D eigenvalue weighted by atomic mass is 10.1. The topological polar surface area (TPSA) is 25.8 Å². The molecule has 1 radical (unpaired) electrons. The van der Waals surface area contributed by atoms with E-state index >= 15 is 0 Å². The highest BCUT2D eigenvalue weighted by atomic mass is 14.9. The maximum absolute atomic E-state index is 4.46. The van der Waals surface area contributed by atoms with Crippen LogP contribution in [0.1, 0.15) is 63.9 Å². The van der Waals surface area contributed by atoms with Crippen molar-refractivity contribution in [2.45, 2.75) is 64.7 Å². The molecule has 2 nitrogen and oxygen atoms in total. The minimum absolute atomic E-state index is 0.764. The third kappa shape index (κ3) is 5.97. The molecule has 0 aliphatic heterocycles. The molecule has 2 aromatic rings. The summed E-state index contributed by atoms with van der Waals surface area (Å²) in [6, 6.07) is 11.0. The number of benzene rings is 1. The van der Waals surface area contributed by atoms with Crippen LogP contribution >= 0.6 is 0 Å². The van der Waals surface area contributed by atoms with E-state index in [9.17, 15) is 0 Å². The van der Waals surface area contributed by atoms with E-state index in [0.29, 0.717) is 0 Å². The minimum atomic E-state index is 0.764. The van der Waals surface area contributed by atoms with Crippen molar-refractivity contribution in [2.24, 2.45) is 0 Å². The third-order valence-electron chi connectivity index (χ3n) is 3.97. The van der Waals surface area contributed by atoms with E-state index in [-0.39, 0.29) is 0 Å². The Morgan fingerprint density at radius 2 is 1.55 bits per heavy atom. The number of aryl methyl sites for hydroxylation is 1. The van der Waals surface area contributed by atoms with Crippen LogP contribution in [0.2, 0.25) is 0 Å². The molecule has 0 saturated carbocycles. The van der Waals surface area contributed by atoms with Crippen molar-refractivity contribution in [1.29, 1.82) is 0 Å². The fourth-order valence-corrected chi connectivity index (χ4v) is 2.62. The highest BCUT2D eigenvalue weighted by molar-refractivity contribution is 5.53. The fourth-order valence-electron chi connectivity index (χ4n) is 2.62. The molecule has 0 aliphatic rings. The van der Waals surface area contributed by atoms with Crippen LogP contribution in [0.25, 0.3) is 11.4 Å². The first kappa shape index (κ1) is 16.7. The van der Waals surface area contributed by atoms with Gasteiger partial charge in [-0.05, 0) is 24.5 Å². The first-order chi connectivity index (χ1) is 10.9. The van der Waals surface area contributed by atoms with Gasteiger partial charge < -0.3 is 0 Å². The Bertz CT molecular complexity index is 505. The predicted octanol–water partition coefficient (Wildman–Crippen LogP) is 5.63. The van der Waals surface area contributed by atoms with Gasteiger partial charge in [0, 0.05) is 18.0 Å². The fraction of sp³-hybridized carbons (Fsp3) is 0.500. The Kier molecular flexibility index (Phi) is 7.65. The molecule has 0 N–H and O–H groups in total. The summed E-state index contributed by atoms with van der Waals surface area (Å²) in [5, 5.41) is 0. The Morgan fingerprint density at radius 3 is 2.18 bits per heavy atom. The summed E-state index contributed by atoms with van der Waals surface area (Å²) >= 11 is 0. The van der Waals surface area contributed by atoms with Gasteiger partial charge >= 0.3 is 0 Å². The molecule has 1 aromatic heterocycles. The van der Waals surface area contributed by atoms with Crippen LogP contribution in [-0.4, -0.2) is 9.97 Å². The summed E-state index contributed by atoms with van der Waals surface area (Å²) in [7, 11) is 0. The summed E-state index contributed by atoms with van der Waals surface area (Å²) in [6.45, 7) is 2.27. The zero-order valence-corrected chi connectivity index (χ0v) is 13.7. The minimum Gasteiger partial charge on any atom is -0.236 e. The van der Waals surface area contributed by atoms with Gasteiger partial charge in [0.25, 0.3) is 0 Å². The van der Waals surface area contributed by atoms with Gasteiger partial charge in [0.1, 0.15) is 0 Å². The largest absolute Gasteiger partial charge is 0.236 e. The standard InChI is InChI=1S/C20H27N2/c1-2-3-4-5-6-7-8-10-13-18-16-21-20(22-17-18)19-14-11-9-12-15-19/h9,11-12,14,16-17H,2-8,10,13H2,1H3. The van der Waals surface area contributed by atoms with Gasteiger partial charge in [-0.2, -0.15) is 0 Å². The molecule has 0 fully saturated rings. The second-order valence-electron chi connectivity index (χ2n) is 5.92. The second-order valence-corrected chi connectivity index (χ2v) is 5.92. The van der Waals surface area contributed by atoms with Crippen LogP contribution in [0.5, 0.6) is 0 Å². The van der Waals surface area contributed by atoms with Crippen molar-refractivity contribution in [1.82, 2.24) is 9.97 Å². The molecule has 0 unspecified atom stereocenters. The Labute approximate surface area is 135 Å². The van der Waals surface area contributed by atoms with Gasteiger partial charge in [-0.25, -0.2) is 9.97 Å². The number of hydrogen-bond acceptors (Lipinski definition) is 2. The van der Waals surface area contributed by atoms with Crippen molar-refractivity contribution >= 4 is 0 Å². The van der Waals surface area contributed by atoms with Crippen LogP contribution in [0, 0.1) is 6.07 Å². The molecule has 117 valence electrons.